The van der Waals surface area contributed by atoms with Crippen molar-refractivity contribution in [3.8, 4) is 0 Å². The van der Waals surface area contributed by atoms with Crippen LogP contribution in [-0.2, 0) is 14.3 Å². The minimum absolute atomic E-state index is 0. The van der Waals surface area contributed by atoms with Crippen molar-refractivity contribution in [2.24, 2.45) is 11.8 Å². The molecule has 2 unspecified atom stereocenters. The number of hydrogen-bond acceptors (Lipinski definition) is 4. The lowest BCUT2D eigenvalue weighted by atomic mass is 9.94. The van der Waals surface area contributed by atoms with Gasteiger partial charge in [0.25, 0.3) is 0 Å². The molecule has 7 heteroatoms. The van der Waals surface area contributed by atoms with Gasteiger partial charge in [-0.1, -0.05) is 20.8 Å². The second kappa shape index (κ2) is 9.97. The van der Waals surface area contributed by atoms with E-state index in [2.05, 4.69) is 22.9 Å². The van der Waals surface area contributed by atoms with E-state index in [0.717, 1.165) is 19.5 Å². The van der Waals surface area contributed by atoms with E-state index in [0.29, 0.717) is 5.92 Å². The number of ether oxygens (including phenoxy) is 1. The average Bonchev–Trinajstić information content (AvgIpc) is 2.38. The summed E-state index contributed by atoms with van der Waals surface area (Å²) in [6, 6.07) is -0.343. The highest BCUT2D eigenvalue weighted by Crippen LogP contribution is 2.11. The van der Waals surface area contributed by atoms with Crippen LogP contribution in [0, 0.1) is 11.8 Å². The van der Waals surface area contributed by atoms with Crippen LogP contribution in [0.4, 0.5) is 0 Å². The molecule has 0 bridgehead atoms. The van der Waals surface area contributed by atoms with Crippen molar-refractivity contribution in [3.63, 3.8) is 0 Å². The molecule has 0 saturated carbocycles. The number of carbonyl (C=O) groups excluding carboxylic acids is 2. The van der Waals surface area contributed by atoms with Crippen molar-refractivity contribution in [2.45, 2.75) is 39.3 Å². The Labute approximate surface area is 133 Å². The zero-order valence-corrected chi connectivity index (χ0v) is 14.1. The first-order chi connectivity index (χ1) is 9.45. The van der Waals surface area contributed by atoms with E-state index in [4.69, 9.17) is 4.74 Å². The first kappa shape index (κ1) is 20.1. The molecule has 2 amide bonds. The molecule has 0 aromatic carbocycles. The van der Waals surface area contributed by atoms with Crippen LogP contribution < -0.4 is 16.0 Å². The Morgan fingerprint density at radius 1 is 1.38 bits per heavy atom. The zero-order valence-electron chi connectivity index (χ0n) is 13.3. The van der Waals surface area contributed by atoms with Gasteiger partial charge in [-0.25, -0.2) is 0 Å². The Morgan fingerprint density at radius 3 is 2.57 bits per heavy atom. The molecule has 0 aromatic heterocycles. The maximum absolute atomic E-state index is 12.4. The van der Waals surface area contributed by atoms with Crippen molar-refractivity contribution in [2.75, 3.05) is 26.8 Å². The van der Waals surface area contributed by atoms with Crippen LogP contribution in [0.25, 0.3) is 0 Å². The molecule has 0 aromatic rings. The average molecular weight is 322 g/mol. The summed E-state index contributed by atoms with van der Waals surface area (Å²) in [5.41, 5.74) is 0. The van der Waals surface area contributed by atoms with Gasteiger partial charge in [0, 0.05) is 13.2 Å². The number of halogens is 1. The highest BCUT2D eigenvalue weighted by molar-refractivity contribution is 5.88. The van der Waals surface area contributed by atoms with Crippen molar-refractivity contribution in [1.29, 1.82) is 0 Å². The van der Waals surface area contributed by atoms with Crippen LogP contribution in [0.3, 0.4) is 0 Å². The number of carbonyl (C=O) groups is 2. The van der Waals surface area contributed by atoms with Gasteiger partial charge in [0.1, 0.15) is 12.6 Å². The zero-order chi connectivity index (χ0) is 15.1. The summed E-state index contributed by atoms with van der Waals surface area (Å²) in [6.07, 6.45) is 0.920. The number of nitrogens with one attached hydrogen (secondary N) is 3. The monoisotopic (exact) mass is 321 g/mol. The molecule has 124 valence electrons. The molecule has 0 radical (unpaired) electrons. The van der Waals surface area contributed by atoms with Gasteiger partial charge in [0.05, 0.1) is 0 Å². The fourth-order valence-corrected chi connectivity index (χ4v) is 2.38. The minimum atomic E-state index is -0.514. The summed E-state index contributed by atoms with van der Waals surface area (Å²) in [6.45, 7) is 7.75. The maximum Gasteiger partial charge on any atom is 0.246 e. The highest BCUT2D eigenvalue weighted by atomic mass is 35.5. The summed E-state index contributed by atoms with van der Waals surface area (Å²) in [4.78, 5) is 23.9. The third-order valence-corrected chi connectivity index (χ3v) is 3.65. The van der Waals surface area contributed by atoms with E-state index in [1.54, 1.807) is 0 Å². The minimum Gasteiger partial charge on any atom is -0.375 e. The summed E-state index contributed by atoms with van der Waals surface area (Å²) < 4.78 is 4.78. The normalized spacial score (nSPS) is 23.1. The van der Waals surface area contributed by atoms with Gasteiger partial charge in [0.2, 0.25) is 11.8 Å². The van der Waals surface area contributed by atoms with Crippen LogP contribution in [0.15, 0.2) is 0 Å². The first-order valence-corrected chi connectivity index (χ1v) is 7.25. The Bertz CT molecular complexity index is 339. The fourth-order valence-electron chi connectivity index (χ4n) is 2.38. The number of rotatable bonds is 6. The van der Waals surface area contributed by atoms with Gasteiger partial charge in [-0.15, -0.1) is 12.4 Å². The summed E-state index contributed by atoms with van der Waals surface area (Å²) in [5.74, 6) is 0.0610. The predicted molar refractivity (Wildman–Crippen MR) is 84.5 cm³/mol. The molecule has 0 spiro atoms. The van der Waals surface area contributed by atoms with Crippen LogP contribution in [0.2, 0.25) is 0 Å². The molecule has 1 fully saturated rings. The van der Waals surface area contributed by atoms with Gasteiger partial charge in [0.15, 0.2) is 0 Å². The Hall–Kier alpha value is -0.850. The Kier molecular flexibility index (Phi) is 9.57. The van der Waals surface area contributed by atoms with Crippen molar-refractivity contribution in [3.05, 3.63) is 0 Å². The Balaban J connectivity index is 0.00000400. The lowest BCUT2D eigenvalue weighted by molar-refractivity contribution is -0.132. The summed E-state index contributed by atoms with van der Waals surface area (Å²) in [5, 5.41) is 9.09. The van der Waals surface area contributed by atoms with Gasteiger partial charge < -0.3 is 20.7 Å². The van der Waals surface area contributed by atoms with Gasteiger partial charge in [-0.05, 0) is 31.3 Å². The standard InChI is InChI=1S/C14H27N3O3.ClH/c1-9(2)13(17-12(18)8-20-4)14(19)16-11-5-6-15-7-10(11)3;/h9-11,13,15H,5-8H2,1-4H3,(H,16,19)(H,17,18);1H/t10?,11?,13-;/m0./s1. The molecule has 6 nitrogen and oxygen atoms in total. The van der Waals surface area contributed by atoms with Gasteiger partial charge >= 0.3 is 0 Å². The molecule has 1 rings (SSSR count). The van der Waals surface area contributed by atoms with Crippen molar-refractivity contribution < 1.29 is 14.3 Å². The molecule has 0 aliphatic carbocycles. The molecular weight excluding hydrogens is 294 g/mol. The summed E-state index contributed by atoms with van der Waals surface area (Å²) in [7, 11) is 1.46. The smallest absolute Gasteiger partial charge is 0.246 e. The number of amides is 2. The highest BCUT2D eigenvalue weighted by Gasteiger charge is 2.28. The summed E-state index contributed by atoms with van der Waals surface area (Å²) >= 11 is 0. The third-order valence-electron chi connectivity index (χ3n) is 3.65. The largest absolute Gasteiger partial charge is 0.375 e. The predicted octanol–water partition coefficient (Wildman–Crippen LogP) is 0.310. The topological polar surface area (TPSA) is 79.5 Å². The van der Waals surface area contributed by atoms with Crippen LogP contribution in [-0.4, -0.2) is 50.7 Å². The molecule has 3 N–H and O–H groups in total. The molecule has 1 saturated heterocycles. The molecule has 3 atom stereocenters. The maximum atomic E-state index is 12.4. The second-order valence-electron chi connectivity index (χ2n) is 5.81. The van der Waals surface area contributed by atoms with Crippen LogP contribution in [0.1, 0.15) is 27.2 Å². The molecule has 1 aliphatic heterocycles. The van der Waals surface area contributed by atoms with E-state index < -0.39 is 6.04 Å². The lowest BCUT2D eigenvalue weighted by Crippen LogP contribution is -2.56. The number of hydrogen-bond donors (Lipinski definition) is 3. The lowest BCUT2D eigenvalue weighted by Gasteiger charge is -2.32. The van der Waals surface area contributed by atoms with E-state index in [9.17, 15) is 9.59 Å². The van der Waals surface area contributed by atoms with E-state index in [1.165, 1.54) is 7.11 Å². The van der Waals surface area contributed by atoms with E-state index in [-0.39, 0.29) is 42.8 Å². The first-order valence-electron chi connectivity index (χ1n) is 7.25. The fraction of sp³-hybridized carbons (Fsp3) is 0.857. The van der Waals surface area contributed by atoms with Crippen molar-refractivity contribution >= 4 is 24.2 Å². The second-order valence-corrected chi connectivity index (χ2v) is 5.81. The molecule has 21 heavy (non-hydrogen) atoms. The SMILES string of the molecule is COCC(=O)N[C@H](C(=O)NC1CCNCC1C)C(C)C.Cl. The van der Waals surface area contributed by atoms with Gasteiger partial charge in [-0.3, -0.25) is 9.59 Å². The third kappa shape index (κ3) is 6.63. The van der Waals surface area contributed by atoms with Crippen LogP contribution in [0.5, 0.6) is 0 Å². The number of piperidine rings is 1. The molecular formula is C14H28ClN3O3. The quantitative estimate of drug-likeness (QED) is 0.658. The molecule has 1 heterocycles. The van der Waals surface area contributed by atoms with Crippen LogP contribution >= 0.6 is 12.4 Å². The van der Waals surface area contributed by atoms with Crippen molar-refractivity contribution in [1.82, 2.24) is 16.0 Å². The number of methoxy groups -OCH3 is 1. The van der Waals surface area contributed by atoms with Gasteiger partial charge in [-0.2, -0.15) is 0 Å². The van der Waals surface area contributed by atoms with E-state index in [1.807, 2.05) is 13.8 Å². The Morgan fingerprint density at radius 2 is 2.05 bits per heavy atom. The molecule has 1 aliphatic rings. The van der Waals surface area contributed by atoms with E-state index >= 15 is 0 Å².